The molecule has 0 saturated carbocycles. The van der Waals surface area contributed by atoms with E-state index >= 15 is 0 Å². The molecule has 0 radical (unpaired) electrons. The van der Waals surface area contributed by atoms with Crippen molar-refractivity contribution in [3.63, 3.8) is 0 Å². The minimum Gasteiger partial charge on any atom is -0.321 e. The zero-order valence-corrected chi connectivity index (χ0v) is 16.5. The van der Waals surface area contributed by atoms with Gasteiger partial charge in [-0.2, -0.15) is 0 Å². The third-order valence-corrected chi connectivity index (χ3v) is 5.65. The van der Waals surface area contributed by atoms with Crippen LogP contribution in [-0.2, 0) is 11.3 Å². The molecule has 1 fully saturated rings. The highest BCUT2D eigenvalue weighted by Crippen LogP contribution is 2.41. The van der Waals surface area contributed by atoms with Crippen LogP contribution in [-0.4, -0.2) is 44.7 Å². The van der Waals surface area contributed by atoms with Crippen molar-refractivity contribution in [3.05, 3.63) is 64.9 Å². The number of anilines is 1. The number of urea groups is 1. The fraction of sp³-hybridized carbons (Fsp3) is 0.200. The molecule has 8 nitrogen and oxygen atoms in total. The normalized spacial score (nSPS) is 20.2. The van der Waals surface area contributed by atoms with Crippen LogP contribution in [0.1, 0.15) is 11.7 Å². The van der Waals surface area contributed by atoms with E-state index in [1.807, 2.05) is 12.1 Å². The van der Waals surface area contributed by atoms with Gasteiger partial charge in [0, 0.05) is 24.2 Å². The second-order valence-electron chi connectivity index (χ2n) is 7.22. The summed E-state index contributed by atoms with van der Waals surface area (Å²) in [5.74, 6) is 0.216. The minimum atomic E-state index is -0.700. The largest absolute Gasteiger partial charge is 0.325 e. The summed E-state index contributed by atoms with van der Waals surface area (Å²) in [6, 6.07) is 11.9. The molecule has 0 bridgehead atoms. The zero-order chi connectivity index (χ0) is 21.0. The molecule has 152 valence electrons. The van der Waals surface area contributed by atoms with Crippen LogP contribution < -0.4 is 10.2 Å². The fourth-order valence-corrected chi connectivity index (χ4v) is 4.08. The number of benzene rings is 2. The third-order valence-electron chi connectivity index (χ3n) is 5.40. The molecule has 0 aliphatic carbocycles. The number of nitrogens with zero attached hydrogens (tertiary/aromatic N) is 5. The number of aromatic nitrogens is 3. The van der Waals surface area contributed by atoms with Crippen molar-refractivity contribution in [2.45, 2.75) is 18.8 Å². The summed E-state index contributed by atoms with van der Waals surface area (Å²) < 4.78 is 15.1. The van der Waals surface area contributed by atoms with E-state index in [9.17, 15) is 14.0 Å². The highest BCUT2D eigenvalue weighted by Gasteiger charge is 2.52. The van der Waals surface area contributed by atoms with Crippen LogP contribution in [0, 0.1) is 5.82 Å². The van der Waals surface area contributed by atoms with E-state index in [2.05, 4.69) is 15.5 Å². The van der Waals surface area contributed by atoms with Crippen LogP contribution in [0.25, 0.3) is 11.4 Å². The van der Waals surface area contributed by atoms with E-state index < -0.39 is 24.1 Å². The lowest BCUT2D eigenvalue weighted by molar-refractivity contribution is -0.124. The predicted octanol–water partition coefficient (Wildman–Crippen LogP) is 2.81. The SMILES string of the molecule is CN1C(=O)NC(=O)C2C1n1c(-c3ccc(Cl)cc3)nnc1N2Cc1ccc(F)cc1. The van der Waals surface area contributed by atoms with Gasteiger partial charge in [-0.05, 0) is 42.0 Å². The summed E-state index contributed by atoms with van der Waals surface area (Å²) in [6.07, 6.45) is -0.623. The maximum Gasteiger partial charge on any atom is 0.325 e. The number of amides is 3. The Bertz CT molecular complexity index is 1150. The van der Waals surface area contributed by atoms with E-state index in [1.54, 1.807) is 40.8 Å². The molecular weight excluding hydrogens is 411 g/mol. The van der Waals surface area contributed by atoms with Crippen molar-refractivity contribution in [1.82, 2.24) is 25.0 Å². The molecule has 3 heterocycles. The van der Waals surface area contributed by atoms with Crippen LogP contribution in [0.5, 0.6) is 0 Å². The van der Waals surface area contributed by atoms with Crippen molar-refractivity contribution in [3.8, 4) is 11.4 Å². The molecule has 0 spiro atoms. The Balaban J connectivity index is 1.63. The van der Waals surface area contributed by atoms with E-state index in [0.29, 0.717) is 23.3 Å². The Morgan fingerprint density at radius 2 is 1.77 bits per heavy atom. The Hall–Kier alpha value is -3.46. The van der Waals surface area contributed by atoms with Crippen molar-refractivity contribution in [2.75, 3.05) is 11.9 Å². The number of hydrogen-bond acceptors (Lipinski definition) is 5. The molecule has 2 aliphatic rings. The predicted molar refractivity (Wildman–Crippen MR) is 107 cm³/mol. The number of rotatable bonds is 3. The molecule has 1 N–H and O–H groups in total. The van der Waals surface area contributed by atoms with Crippen molar-refractivity contribution >= 4 is 29.5 Å². The van der Waals surface area contributed by atoms with Gasteiger partial charge in [0.1, 0.15) is 12.0 Å². The van der Waals surface area contributed by atoms with Gasteiger partial charge in [-0.3, -0.25) is 14.7 Å². The van der Waals surface area contributed by atoms with E-state index in [-0.39, 0.29) is 5.82 Å². The monoisotopic (exact) mass is 426 g/mol. The molecule has 1 aromatic heterocycles. The minimum absolute atomic E-state index is 0.301. The number of likely N-dealkylation sites (N-methyl/N-ethyl adjacent to an activating group) is 1. The third kappa shape index (κ3) is 2.81. The van der Waals surface area contributed by atoms with Crippen LogP contribution in [0.4, 0.5) is 15.1 Å². The first-order valence-electron chi connectivity index (χ1n) is 9.23. The van der Waals surface area contributed by atoms with Crippen LogP contribution in [0.3, 0.4) is 0 Å². The first-order chi connectivity index (χ1) is 14.4. The number of halogens is 2. The number of hydrogen-bond donors (Lipinski definition) is 1. The lowest BCUT2D eigenvalue weighted by Crippen LogP contribution is -2.61. The Labute approximate surface area is 175 Å². The molecule has 1 saturated heterocycles. The van der Waals surface area contributed by atoms with Gasteiger partial charge >= 0.3 is 6.03 Å². The summed E-state index contributed by atoms with van der Waals surface area (Å²) in [5.41, 5.74) is 1.55. The molecule has 10 heteroatoms. The van der Waals surface area contributed by atoms with Crippen molar-refractivity contribution < 1.29 is 14.0 Å². The van der Waals surface area contributed by atoms with Crippen molar-refractivity contribution in [1.29, 1.82) is 0 Å². The molecule has 2 atom stereocenters. The quantitative estimate of drug-likeness (QED) is 0.696. The average molecular weight is 427 g/mol. The van der Waals surface area contributed by atoms with Crippen molar-refractivity contribution in [2.24, 2.45) is 0 Å². The highest BCUT2D eigenvalue weighted by atomic mass is 35.5. The Morgan fingerprint density at radius 3 is 2.47 bits per heavy atom. The molecule has 2 aliphatic heterocycles. The zero-order valence-electron chi connectivity index (χ0n) is 15.8. The summed E-state index contributed by atoms with van der Waals surface area (Å²) in [6.45, 7) is 0.301. The lowest BCUT2D eigenvalue weighted by atomic mass is 10.1. The summed E-state index contributed by atoms with van der Waals surface area (Å²) in [4.78, 5) is 28.4. The number of carbonyl (C=O) groups excluding carboxylic acids is 2. The first kappa shape index (κ1) is 18.6. The first-order valence-corrected chi connectivity index (χ1v) is 9.61. The van der Waals surface area contributed by atoms with Gasteiger partial charge in [0.2, 0.25) is 5.95 Å². The molecule has 2 aromatic carbocycles. The van der Waals surface area contributed by atoms with Crippen LogP contribution in [0.2, 0.25) is 5.02 Å². The van der Waals surface area contributed by atoms with E-state index in [4.69, 9.17) is 11.6 Å². The summed E-state index contributed by atoms with van der Waals surface area (Å²) in [5, 5.41) is 11.6. The molecular formula is C20H16ClFN6O2. The van der Waals surface area contributed by atoms with Gasteiger partial charge < -0.3 is 9.80 Å². The number of carbonyl (C=O) groups is 2. The molecule has 3 amide bonds. The second kappa shape index (κ2) is 6.81. The van der Waals surface area contributed by atoms with Gasteiger partial charge in [-0.15, -0.1) is 10.2 Å². The van der Waals surface area contributed by atoms with E-state index in [0.717, 1.165) is 11.1 Å². The number of nitrogens with one attached hydrogen (secondary N) is 1. The topological polar surface area (TPSA) is 83.4 Å². The number of fused-ring (bicyclic) bond motifs is 3. The Morgan fingerprint density at radius 1 is 1.07 bits per heavy atom. The van der Waals surface area contributed by atoms with Crippen LogP contribution in [0.15, 0.2) is 48.5 Å². The summed E-state index contributed by atoms with van der Waals surface area (Å²) in [7, 11) is 1.62. The van der Waals surface area contributed by atoms with Crippen LogP contribution >= 0.6 is 11.6 Å². The molecule has 3 aromatic rings. The second-order valence-corrected chi connectivity index (χ2v) is 7.66. The summed E-state index contributed by atoms with van der Waals surface area (Å²) >= 11 is 6.00. The maximum absolute atomic E-state index is 13.3. The molecule has 2 unspecified atom stereocenters. The Kier molecular flexibility index (Phi) is 4.21. The van der Waals surface area contributed by atoms with Gasteiger partial charge in [0.25, 0.3) is 5.91 Å². The molecule has 30 heavy (non-hydrogen) atoms. The van der Waals surface area contributed by atoms with Gasteiger partial charge in [-0.25, -0.2) is 9.18 Å². The smallest absolute Gasteiger partial charge is 0.321 e. The maximum atomic E-state index is 13.3. The standard InChI is InChI=1S/C20H16ClFN6O2/c1-26-18-15(17(29)23-20(26)30)27(10-11-2-8-14(22)9-3-11)19-25-24-16(28(18)19)12-4-6-13(21)7-5-12/h2-9,15,18H,10H2,1H3,(H,23,29,30). The number of imide groups is 1. The van der Waals surface area contributed by atoms with Gasteiger partial charge in [-0.1, -0.05) is 23.7 Å². The fourth-order valence-electron chi connectivity index (χ4n) is 3.95. The van der Waals surface area contributed by atoms with Gasteiger partial charge in [0.05, 0.1) is 0 Å². The molecule has 5 rings (SSSR count). The highest BCUT2D eigenvalue weighted by molar-refractivity contribution is 6.30. The lowest BCUT2D eigenvalue weighted by Gasteiger charge is -2.37. The van der Waals surface area contributed by atoms with Gasteiger partial charge in [0.15, 0.2) is 11.9 Å². The van der Waals surface area contributed by atoms with E-state index in [1.165, 1.54) is 17.0 Å². The average Bonchev–Trinajstić information content (AvgIpc) is 3.28.